The van der Waals surface area contributed by atoms with Crippen molar-refractivity contribution >= 4 is 15.9 Å². The molecule has 1 heterocycles. The smallest absolute Gasteiger partial charge is 0.133 e. The molecule has 4 heteroatoms. The number of rotatable bonds is 5. The van der Waals surface area contributed by atoms with Crippen LogP contribution in [0.25, 0.3) is 0 Å². The molecular formula is C14H17BrN2O. The minimum absolute atomic E-state index is 0.294. The van der Waals surface area contributed by atoms with Crippen molar-refractivity contribution in [2.24, 2.45) is 0 Å². The van der Waals surface area contributed by atoms with E-state index in [4.69, 9.17) is 4.74 Å². The molecule has 0 aliphatic carbocycles. The third-order valence-corrected chi connectivity index (χ3v) is 3.57. The summed E-state index contributed by atoms with van der Waals surface area (Å²) >= 11 is 3.51. The van der Waals surface area contributed by atoms with Crippen LogP contribution in [0.15, 0.2) is 41.1 Å². The number of aromatic nitrogens is 1. The van der Waals surface area contributed by atoms with Crippen molar-refractivity contribution < 1.29 is 4.74 Å². The summed E-state index contributed by atoms with van der Waals surface area (Å²) < 4.78 is 6.21. The molecule has 0 spiro atoms. The van der Waals surface area contributed by atoms with Gasteiger partial charge in [0.15, 0.2) is 0 Å². The Bertz CT molecular complexity index is 497. The second-order valence-electron chi connectivity index (χ2n) is 4.22. The van der Waals surface area contributed by atoms with Crippen LogP contribution in [0.3, 0.4) is 0 Å². The van der Waals surface area contributed by atoms with Gasteiger partial charge in [0.25, 0.3) is 0 Å². The summed E-state index contributed by atoms with van der Waals surface area (Å²) in [6.07, 6.45) is 3.94. The molecule has 96 valence electrons. The molecule has 0 saturated carbocycles. The number of benzene rings is 1. The molecule has 18 heavy (non-hydrogen) atoms. The van der Waals surface area contributed by atoms with Crippen LogP contribution in [0.5, 0.6) is 5.75 Å². The Morgan fingerprint density at radius 1 is 1.39 bits per heavy atom. The van der Waals surface area contributed by atoms with Crippen LogP contribution in [0.4, 0.5) is 0 Å². The summed E-state index contributed by atoms with van der Waals surface area (Å²) in [4.78, 5) is 3.05. The highest BCUT2D eigenvalue weighted by atomic mass is 79.9. The lowest BCUT2D eigenvalue weighted by atomic mass is 10.1. The van der Waals surface area contributed by atoms with Gasteiger partial charge in [0.05, 0.1) is 11.6 Å². The van der Waals surface area contributed by atoms with E-state index in [0.29, 0.717) is 6.04 Å². The molecule has 0 fully saturated rings. The van der Waals surface area contributed by atoms with E-state index in [-0.39, 0.29) is 0 Å². The zero-order valence-electron chi connectivity index (χ0n) is 10.5. The summed E-state index contributed by atoms with van der Waals surface area (Å²) in [5.41, 5.74) is 2.49. The second-order valence-corrected chi connectivity index (χ2v) is 5.07. The van der Waals surface area contributed by atoms with Gasteiger partial charge in [0.2, 0.25) is 0 Å². The number of methoxy groups -OCH3 is 1. The Balaban J connectivity index is 2.00. The van der Waals surface area contributed by atoms with Crippen molar-refractivity contribution in [2.75, 3.05) is 7.11 Å². The SMILES string of the molecule is COc1ccc(C(C)NCc2cc[nH]c2)cc1Br. The van der Waals surface area contributed by atoms with Gasteiger partial charge in [-0.1, -0.05) is 6.07 Å². The van der Waals surface area contributed by atoms with E-state index < -0.39 is 0 Å². The van der Waals surface area contributed by atoms with Gasteiger partial charge in [-0.25, -0.2) is 0 Å². The summed E-state index contributed by atoms with van der Waals surface area (Å²) in [5.74, 6) is 0.858. The van der Waals surface area contributed by atoms with Crippen LogP contribution in [0, 0.1) is 0 Å². The van der Waals surface area contributed by atoms with E-state index in [1.54, 1.807) is 7.11 Å². The van der Waals surface area contributed by atoms with Gasteiger partial charge in [0, 0.05) is 25.0 Å². The fraction of sp³-hybridized carbons (Fsp3) is 0.286. The average Bonchev–Trinajstić information content (AvgIpc) is 2.89. The monoisotopic (exact) mass is 308 g/mol. The zero-order valence-corrected chi connectivity index (χ0v) is 12.1. The van der Waals surface area contributed by atoms with Crippen molar-refractivity contribution in [1.82, 2.24) is 10.3 Å². The van der Waals surface area contributed by atoms with Crippen molar-refractivity contribution in [2.45, 2.75) is 19.5 Å². The molecule has 0 saturated heterocycles. The van der Waals surface area contributed by atoms with Crippen molar-refractivity contribution in [3.05, 3.63) is 52.3 Å². The number of aromatic amines is 1. The largest absolute Gasteiger partial charge is 0.496 e. The minimum atomic E-state index is 0.294. The topological polar surface area (TPSA) is 37.0 Å². The third kappa shape index (κ3) is 3.15. The van der Waals surface area contributed by atoms with E-state index >= 15 is 0 Å². The van der Waals surface area contributed by atoms with Gasteiger partial charge in [0.1, 0.15) is 5.75 Å². The van der Waals surface area contributed by atoms with Crippen LogP contribution < -0.4 is 10.1 Å². The number of hydrogen-bond donors (Lipinski definition) is 2. The molecule has 0 amide bonds. The Hall–Kier alpha value is -1.26. The fourth-order valence-corrected chi connectivity index (χ4v) is 2.37. The standard InChI is InChI=1S/C14H17BrN2O/c1-10(17-9-11-5-6-16-8-11)12-3-4-14(18-2)13(15)7-12/h3-8,10,16-17H,9H2,1-2H3. The van der Waals surface area contributed by atoms with Crippen molar-refractivity contribution in [3.63, 3.8) is 0 Å². The van der Waals surface area contributed by atoms with Gasteiger partial charge >= 0.3 is 0 Å². The van der Waals surface area contributed by atoms with E-state index in [1.807, 2.05) is 18.5 Å². The maximum atomic E-state index is 5.23. The molecule has 1 aromatic carbocycles. The summed E-state index contributed by atoms with van der Waals surface area (Å²) in [5, 5.41) is 3.48. The third-order valence-electron chi connectivity index (χ3n) is 2.95. The number of nitrogens with one attached hydrogen (secondary N) is 2. The summed E-state index contributed by atoms with van der Waals surface area (Å²) in [6, 6.07) is 8.52. The van der Waals surface area contributed by atoms with E-state index in [1.165, 1.54) is 11.1 Å². The molecule has 2 aromatic rings. The first-order valence-electron chi connectivity index (χ1n) is 5.89. The first kappa shape index (κ1) is 13.2. The molecule has 0 bridgehead atoms. The lowest BCUT2D eigenvalue weighted by Crippen LogP contribution is -2.17. The molecular weight excluding hydrogens is 292 g/mol. The predicted molar refractivity (Wildman–Crippen MR) is 76.7 cm³/mol. The molecule has 0 aliphatic heterocycles. The van der Waals surface area contributed by atoms with Gasteiger partial charge in [-0.2, -0.15) is 0 Å². The number of H-pyrrole nitrogens is 1. The normalized spacial score (nSPS) is 12.4. The first-order chi connectivity index (χ1) is 8.70. The number of hydrogen-bond acceptors (Lipinski definition) is 2. The van der Waals surface area contributed by atoms with Crippen LogP contribution >= 0.6 is 15.9 Å². The first-order valence-corrected chi connectivity index (χ1v) is 6.68. The minimum Gasteiger partial charge on any atom is -0.496 e. The Morgan fingerprint density at radius 3 is 2.83 bits per heavy atom. The van der Waals surface area contributed by atoms with Gasteiger partial charge < -0.3 is 15.0 Å². The summed E-state index contributed by atoms with van der Waals surface area (Å²) in [6.45, 7) is 3.01. The molecule has 2 rings (SSSR count). The molecule has 2 N–H and O–H groups in total. The van der Waals surface area contributed by atoms with Gasteiger partial charge in [-0.3, -0.25) is 0 Å². The maximum Gasteiger partial charge on any atom is 0.133 e. The highest BCUT2D eigenvalue weighted by molar-refractivity contribution is 9.10. The van der Waals surface area contributed by atoms with E-state index in [0.717, 1.165) is 16.8 Å². The maximum absolute atomic E-state index is 5.23. The van der Waals surface area contributed by atoms with Crippen LogP contribution in [-0.2, 0) is 6.54 Å². The molecule has 3 nitrogen and oxygen atoms in total. The zero-order chi connectivity index (χ0) is 13.0. The van der Waals surface area contributed by atoms with Crippen LogP contribution in [-0.4, -0.2) is 12.1 Å². The highest BCUT2D eigenvalue weighted by Crippen LogP contribution is 2.28. The average molecular weight is 309 g/mol. The van der Waals surface area contributed by atoms with E-state index in [2.05, 4.69) is 51.4 Å². The summed E-state index contributed by atoms with van der Waals surface area (Å²) in [7, 11) is 1.67. The lowest BCUT2D eigenvalue weighted by Gasteiger charge is -2.15. The number of halogens is 1. The number of ether oxygens (including phenoxy) is 1. The van der Waals surface area contributed by atoms with E-state index in [9.17, 15) is 0 Å². The molecule has 1 aromatic heterocycles. The second kappa shape index (κ2) is 6.07. The molecule has 0 radical (unpaired) electrons. The molecule has 1 unspecified atom stereocenters. The predicted octanol–water partition coefficient (Wildman–Crippen LogP) is 3.64. The Labute approximate surface area is 116 Å². The highest BCUT2D eigenvalue weighted by Gasteiger charge is 2.08. The fourth-order valence-electron chi connectivity index (χ4n) is 1.81. The molecule has 1 atom stereocenters. The van der Waals surface area contributed by atoms with Gasteiger partial charge in [-0.15, -0.1) is 0 Å². The molecule has 0 aliphatic rings. The Kier molecular flexibility index (Phi) is 4.44. The van der Waals surface area contributed by atoms with Crippen LogP contribution in [0.1, 0.15) is 24.1 Å². The lowest BCUT2D eigenvalue weighted by molar-refractivity contribution is 0.411. The Morgan fingerprint density at radius 2 is 2.22 bits per heavy atom. The van der Waals surface area contributed by atoms with Crippen molar-refractivity contribution in [1.29, 1.82) is 0 Å². The van der Waals surface area contributed by atoms with Crippen LogP contribution in [0.2, 0.25) is 0 Å². The van der Waals surface area contributed by atoms with Gasteiger partial charge in [-0.05, 0) is 52.2 Å². The quantitative estimate of drug-likeness (QED) is 0.885. The van der Waals surface area contributed by atoms with Crippen molar-refractivity contribution in [3.8, 4) is 5.75 Å².